The third kappa shape index (κ3) is 4.58. The predicted octanol–water partition coefficient (Wildman–Crippen LogP) is 4.90. The zero-order chi connectivity index (χ0) is 24.9. The highest BCUT2D eigenvalue weighted by Crippen LogP contribution is 2.32. The van der Waals surface area contributed by atoms with Gasteiger partial charge in [0.1, 0.15) is 11.4 Å². The summed E-state index contributed by atoms with van der Waals surface area (Å²) < 4.78 is 108. The number of rotatable bonds is 5. The first-order valence-electron chi connectivity index (χ1n) is 9.52. The van der Waals surface area contributed by atoms with Crippen molar-refractivity contribution in [3.63, 3.8) is 0 Å². The molecule has 0 unspecified atom stereocenters. The quantitative estimate of drug-likeness (QED) is 0.362. The summed E-state index contributed by atoms with van der Waals surface area (Å²) >= 11 is 0. The van der Waals surface area contributed by atoms with E-state index in [1.54, 1.807) is 0 Å². The van der Waals surface area contributed by atoms with E-state index in [0.717, 1.165) is 33.3 Å². The number of halogens is 6. The standard InChI is InChI=1S/C20H14F6N4O3S/c1-2-34(31,32)18-17(28-16-8-5-14(11-29(16)18)19(21,22)23)30-10-13(9-27-30)12-3-6-15(7-4-12)33-20(24,25)26/h3-11H,2H2,1H3. The minimum absolute atomic E-state index is 0.0410. The van der Waals surface area contributed by atoms with Crippen LogP contribution in [-0.4, -0.2) is 39.7 Å². The van der Waals surface area contributed by atoms with Crippen molar-refractivity contribution < 1.29 is 39.5 Å². The Kier molecular flexibility index (Phi) is 5.58. The number of fused-ring (bicyclic) bond motifs is 1. The van der Waals surface area contributed by atoms with Crippen molar-refractivity contribution in [2.75, 3.05) is 5.75 Å². The molecular weight excluding hydrogens is 490 g/mol. The normalized spacial score (nSPS) is 12.9. The molecule has 180 valence electrons. The Balaban J connectivity index is 1.80. The van der Waals surface area contributed by atoms with Crippen LogP contribution in [0.25, 0.3) is 22.6 Å². The Labute approximate surface area is 188 Å². The lowest BCUT2D eigenvalue weighted by Gasteiger charge is -2.09. The van der Waals surface area contributed by atoms with Crippen LogP contribution in [0.4, 0.5) is 26.3 Å². The molecule has 3 aromatic heterocycles. The summed E-state index contributed by atoms with van der Waals surface area (Å²) in [4.78, 5) is 4.15. The lowest BCUT2D eigenvalue weighted by molar-refractivity contribution is -0.274. The van der Waals surface area contributed by atoms with E-state index >= 15 is 0 Å². The monoisotopic (exact) mass is 504 g/mol. The summed E-state index contributed by atoms with van der Waals surface area (Å²) in [6.45, 7) is 1.34. The first-order valence-corrected chi connectivity index (χ1v) is 11.2. The molecule has 0 bridgehead atoms. The van der Waals surface area contributed by atoms with Crippen LogP contribution in [-0.2, 0) is 16.0 Å². The summed E-state index contributed by atoms with van der Waals surface area (Å²) in [5.41, 5.74) is -0.269. The van der Waals surface area contributed by atoms with Crippen molar-refractivity contribution in [3.8, 4) is 22.7 Å². The number of sulfone groups is 1. The fourth-order valence-electron chi connectivity index (χ4n) is 3.19. The average molecular weight is 504 g/mol. The predicted molar refractivity (Wildman–Crippen MR) is 107 cm³/mol. The molecule has 14 heteroatoms. The number of ether oxygens (including phenoxy) is 1. The molecule has 1 aromatic carbocycles. The first kappa shape index (κ1) is 23.6. The number of hydrogen-bond acceptors (Lipinski definition) is 5. The topological polar surface area (TPSA) is 78.5 Å². The zero-order valence-electron chi connectivity index (χ0n) is 17.1. The van der Waals surface area contributed by atoms with Crippen LogP contribution < -0.4 is 4.74 Å². The van der Waals surface area contributed by atoms with Gasteiger partial charge in [-0.1, -0.05) is 19.1 Å². The Morgan fingerprint density at radius 3 is 2.21 bits per heavy atom. The lowest BCUT2D eigenvalue weighted by Crippen LogP contribution is -2.16. The molecule has 0 spiro atoms. The van der Waals surface area contributed by atoms with Crippen molar-refractivity contribution in [2.45, 2.75) is 24.5 Å². The van der Waals surface area contributed by atoms with E-state index in [0.29, 0.717) is 17.3 Å². The van der Waals surface area contributed by atoms with Crippen molar-refractivity contribution >= 4 is 15.5 Å². The summed E-state index contributed by atoms with van der Waals surface area (Å²) in [5.74, 6) is -1.05. The maximum atomic E-state index is 13.2. The molecule has 0 aliphatic heterocycles. The van der Waals surface area contributed by atoms with Gasteiger partial charge in [-0.3, -0.25) is 4.40 Å². The van der Waals surface area contributed by atoms with E-state index in [-0.39, 0.29) is 11.5 Å². The second kappa shape index (κ2) is 8.04. The summed E-state index contributed by atoms with van der Waals surface area (Å²) in [7, 11) is -4.05. The van der Waals surface area contributed by atoms with E-state index in [1.165, 1.54) is 31.5 Å². The maximum absolute atomic E-state index is 13.2. The van der Waals surface area contributed by atoms with Gasteiger partial charge in [-0.25, -0.2) is 18.1 Å². The highest BCUT2D eigenvalue weighted by molar-refractivity contribution is 7.91. The number of benzene rings is 1. The van der Waals surface area contributed by atoms with Crippen molar-refractivity contribution in [1.29, 1.82) is 0 Å². The van der Waals surface area contributed by atoms with Crippen LogP contribution in [0.2, 0.25) is 0 Å². The largest absolute Gasteiger partial charge is 0.573 e. The molecule has 3 heterocycles. The van der Waals surface area contributed by atoms with E-state index in [2.05, 4.69) is 14.8 Å². The van der Waals surface area contributed by atoms with Gasteiger partial charge in [-0.15, -0.1) is 13.2 Å². The van der Waals surface area contributed by atoms with E-state index in [4.69, 9.17) is 0 Å². The molecule has 0 saturated heterocycles. The molecule has 0 saturated carbocycles. The van der Waals surface area contributed by atoms with Crippen LogP contribution in [0.15, 0.2) is 60.0 Å². The summed E-state index contributed by atoms with van der Waals surface area (Å²) in [6, 6.07) is 6.70. The minimum atomic E-state index is -4.84. The molecule has 0 fully saturated rings. The molecule has 0 aliphatic carbocycles. The Morgan fingerprint density at radius 1 is 0.941 bits per heavy atom. The zero-order valence-corrected chi connectivity index (χ0v) is 17.9. The van der Waals surface area contributed by atoms with Crippen LogP contribution in [0.3, 0.4) is 0 Å². The van der Waals surface area contributed by atoms with E-state index < -0.39 is 44.5 Å². The van der Waals surface area contributed by atoms with Crippen molar-refractivity contribution in [2.24, 2.45) is 0 Å². The van der Waals surface area contributed by atoms with Crippen molar-refractivity contribution in [3.05, 3.63) is 60.6 Å². The molecule has 34 heavy (non-hydrogen) atoms. The molecular formula is C20H14F6N4O3S. The molecule has 7 nitrogen and oxygen atoms in total. The second-order valence-corrected chi connectivity index (χ2v) is 9.23. The summed E-state index contributed by atoms with van der Waals surface area (Å²) in [5, 5.41) is 3.59. The van der Waals surface area contributed by atoms with Gasteiger partial charge in [-0.2, -0.15) is 18.3 Å². The van der Waals surface area contributed by atoms with Gasteiger partial charge in [0.25, 0.3) is 0 Å². The van der Waals surface area contributed by atoms with Gasteiger partial charge in [-0.05, 0) is 29.8 Å². The third-order valence-corrected chi connectivity index (χ3v) is 6.51. The highest BCUT2D eigenvalue weighted by Gasteiger charge is 2.33. The molecule has 0 radical (unpaired) electrons. The van der Waals surface area contributed by atoms with E-state index in [9.17, 15) is 34.8 Å². The van der Waals surface area contributed by atoms with Crippen molar-refractivity contribution in [1.82, 2.24) is 19.2 Å². The Morgan fingerprint density at radius 2 is 1.62 bits per heavy atom. The number of imidazole rings is 1. The Bertz CT molecular complexity index is 1450. The Hall–Kier alpha value is -3.55. The molecule has 4 rings (SSSR count). The minimum Gasteiger partial charge on any atom is -0.406 e. The fraction of sp³-hybridized carbons (Fsp3) is 0.200. The second-order valence-electron chi connectivity index (χ2n) is 7.03. The van der Waals surface area contributed by atoms with Crippen LogP contribution in [0, 0.1) is 0 Å². The molecule has 4 aromatic rings. The average Bonchev–Trinajstić information content (AvgIpc) is 3.37. The molecule has 0 aliphatic rings. The van der Waals surface area contributed by atoms with E-state index in [1.807, 2.05) is 0 Å². The number of alkyl halides is 6. The first-order chi connectivity index (χ1) is 15.8. The van der Waals surface area contributed by atoms with Gasteiger partial charge in [0.2, 0.25) is 0 Å². The summed E-state index contributed by atoms with van der Waals surface area (Å²) in [6.07, 6.45) is -6.22. The third-order valence-electron chi connectivity index (χ3n) is 4.78. The smallest absolute Gasteiger partial charge is 0.406 e. The molecule has 0 atom stereocenters. The van der Waals surface area contributed by atoms with Crippen LogP contribution in [0.5, 0.6) is 5.75 Å². The highest BCUT2D eigenvalue weighted by atomic mass is 32.2. The maximum Gasteiger partial charge on any atom is 0.573 e. The van der Waals surface area contributed by atoms with Gasteiger partial charge < -0.3 is 4.74 Å². The number of pyridine rings is 1. The number of nitrogens with zero attached hydrogens (tertiary/aromatic N) is 4. The fourth-order valence-corrected chi connectivity index (χ4v) is 4.33. The van der Waals surface area contributed by atoms with Gasteiger partial charge in [0.15, 0.2) is 20.7 Å². The SMILES string of the molecule is CCS(=O)(=O)c1c(-n2cc(-c3ccc(OC(F)(F)F)cc3)cn2)nc2ccc(C(F)(F)F)cn12. The van der Waals surface area contributed by atoms with Gasteiger partial charge in [0.05, 0.1) is 17.5 Å². The van der Waals surface area contributed by atoms with Gasteiger partial charge >= 0.3 is 12.5 Å². The lowest BCUT2D eigenvalue weighted by atomic mass is 10.1. The molecule has 0 N–H and O–H groups in total. The molecule has 0 amide bonds. The number of aromatic nitrogens is 4. The van der Waals surface area contributed by atoms with Gasteiger partial charge in [0, 0.05) is 18.0 Å². The van der Waals surface area contributed by atoms with Crippen LogP contribution >= 0.6 is 0 Å². The number of hydrogen-bond donors (Lipinski definition) is 0. The van der Waals surface area contributed by atoms with Crippen LogP contribution in [0.1, 0.15) is 12.5 Å².